The van der Waals surface area contributed by atoms with Gasteiger partial charge in [-0.25, -0.2) is 9.37 Å². The molecule has 0 N–H and O–H groups in total. The molecule has 0 saturated heterocycles. The number of hydrogen-bond donors (Lipinski definition) is 0. The van der Waals surface area contributed by atoms with E-state index in [1.54, 1.807) is 6.07 Å². The van der Waals surface area contributed by atoms with E-state index in [-0.39, 0.29) is 5.01 Å². The lowest BCUT2D eigenvalue weighted by atomic mass is 10.3. The molecule has 1 aromatic heterocycles. The maximum atomic E-state index is 12.9. The minimum atomic E-state index is -1.60. The van der Waals surface area contributed by atoms with Gasteiger partial charge < -0.3 is 0 Å². The molecule has 0 aliphatic carbocycles. The van der Waals surface area contributed by atoms with Crippen molar-refractivity contribution in [2.24, 2.45) is 0 Å². The predicted molar refractivity (Wildman–Crippen MR) is 49.1 cm³/mol. The molecule has 0 aliphatic heterocycles. The number of thiazole rings is 1. The van der Waals surface area contributed by atoms with Gasteiger partial charge in [0.15, 0.2) is 0 Å². The molecule has 2 rings (SSSR count). The molecular formula is C9H5FN2S. The third-order valence-corrected chi connectivity index (χ3v) is 2.71. The van der Waals surface area contributed by atoms with Crippen LogP contribution in [0.25, 0.3) is 10.2 Å². The van der Waals surface area contributed by atoms with Gasteiger partial charge in [-0.2, -0.15) is 5.26 Å². The fourth-order valence-electron chi connectivity index (χ4n) is 1.05. The summed E-state index contributed by atoms with van der Waals surface area (Å²) in [6.45, 7) is 0. The Morgan fingerprint density at radius 3 is 2.92 bits per heavy atom. The van der Waals surface area contributed by atoms with Crippen molar-refractivity contribution in [3.8, 4) is 6.07 Å². The Kier molecular flexibility index (Phi) is 1.95. The molecule has 0 spiro atoms. The van der Waals surface area contributed by atoms with Crippen molar-refractivity contribution in [1.29, 1.82) is 5.26 Å². The number of hydrogen-bond acceptors (Lipinski definition) is 3. The van der Waals surface area contributed by atoms with Crippen LogP contribution in [0.2, 0.25) is 0 Å². The highest BCUT2D eigenvalue weighted by Crippen LogP contribution is 2.27. The van der Waals surface area contributed by atoms with E-state index < -0.39 is 6.17 Å². The quantitative estimate of drug-likeness (QED) is 0.696. The van der Waals surface area contributed by atoms with E-state index in [9.17, 15) is 4.39 Å². The summed E-state index contributed by atoms with van der Waals surface area (Å²) in [5, 5.41) is 8.59. The molecule has 0 aliphatic rings. The Bertz CT molecular complexity index is 439. The second-order valence-corrected chi connectivity index (χ2v) is 3.57. The van der Waals surface area contributed by atoms with Gasteiger partial charge in [-0.05, 0) is 12.1 Å². The minimum absolute atomic E-state index is 0.240. The number of alkyl halides is 1. The molecule has 0 fully saturated rings. The van der Waals surface area contributed by atoms with Crippen LogP contribution in [0.4, 0.5) is 4.39 Å². The molecule has 1 atom stereocenters. The minimum Gasteiger partial charge on any atom is -0.237 e. The van der Waals surface area contributed by atoms with Gasteiger partial charge in [0.1, 0.15) is 11.1 Å². The Balaban J connectivity index is 2.57. The van der Waals surface area contributed by atoms with Crippen molar-refractivity contribution in [1.82, 2.24) is 4.98 Å². The third-order valence-electron chi connectivity index (χ3n) is 1.64. The van der Waals surface area contributed by atoms with Gasteiger partial charge in [0.05, 0.1) is 10.2 Å². The molecule has 0 saturated carbocycles. The first-order valence-corrected chi connectivity index (χ1v) is 4.52. The van der Waals surface area contributed by atoms with Crippen molar-refractivity contribution < 1.29 is 4.39 Å². The van der Waals surface area contributed by atoms with Crippen LogP contribution in [0.3, 0.4) is 0 Å². The van der Waals surface area contributed by atoms with Crippen LogP contribution >= 0.6 is 11.3 Å². The SMILES string of the molecule is N#C[C@H](F)c1nc2ccccc2s1. The lowest BCUT2D eigenvalue weighted by Gasteiger charge is -1.87. The average molecular weight is 192 g/mol. The van der Waals surface area contributed by atoms with Crippen LogP contribution in [-0.2, 0) is 0 Å². The number of para-hydroxylation sites is 1. The number of benzene rings is 1. The van der Waals surface area contributed by atoms with E-state index in [1.807, 2.05) is 18.2 Å². The zero-order valence-electron chi connectivity index (χ0n) is 6.57. The van der Waals surface area contributed by atoms with Crippen LogP contribution in [0.15, 0.2) is 24.3 Å². The Morgan fingerprint density at radius 1 is 1.46 bits per heavy atom. The Hall–Kier alpha value is -1.47. The van der Waals surface area contributed by atoms with E-state index in [2.05, 4.69) is 4.98 Å². The van der Waals surface area contributed by atoms with Crippen LogP contribution in [0.1, 0.15) is 11.2 Å². The van der Waals surface area contributed by atoms with Crippen LogP contribution in [0, 0.1) is 11.3 Å². The normalized spacial score (nSPS) is 12.6. The molecule has 0 amide bonds. The van der Waals surface area contributed by atoms with Gasteiger partial charge in [0.2, 0.25) is 6.17 Å². The molecule has 4 heteroatoms. The maximum Gasteiger partial charge on any atom is 0.237 e. The second kappa shape index (κ2) is 3.11. The van der Waals surface area contributed by atoms with Gasteiger partial charge in [0, 0.05) is 0 Å². The first-order valence-electron chi connectivity index (χ1n) is 3.70. The third kappa shape index (κ3) is 1.38. The first-order chi connectivity index (χ1) is 6.31. The largest absolute Gasteiger partial charge is 0.237 e. The van der Waals surface area contributed by atoms with E-state index in [0.717, 1.165) is 10.2 Å². The first kappa shape index (κ1) is 8.14. The fourth-order valence-corrected chi connectivity index (χ4v) is 1.94. The lowest BCUT2D eigenvalue weighted by molar-refractivity contribution is 0.423. The van der Waals surface area contributed by atoms with E-state index in [4.69, 9.17) is 5.26 Å². The number of fused-ring (bicyclic) bond motifs is 1. The van der Waals surface area contributed by atoms with Gasteiger partial charge in [-0.1, -0.05) is 12.1 Å². The predicted octanol–water partition coefficient (Wildman–Crippen LogP) is 2.83. The van der Waals surface area contributed by atoms with Crippen LogP contribution < -0.4 is 0 Å². The molecular weight excluding hydrogens is 187 g/mol. The van der Waals surface area contributed by atoms with Crippen molar-refractivity contribution in [3.05, 3.63) is 29.3 Å². The zero-order chi connectivity index (χ0) is 9.26. The molecule has 0 radical (unpaired) electrons. The number of nitrogens with zero attached hydrogens (tertiary/aromatic N) is 2. The van der Waals surface area contributed by atoms with Gasteiger partial charge in [0.25, 0.3) is 0 Å². The summed E-state index contributed by atoms with van der Waals surface area (Å²) in [5.74, 6) is 0. The van der Waals surface area contributed by atoms with Crippen LogP contribution in [0.5, 0.6) is 0 Å². The second-order valence-electron chi connectivity index (χ2n) is 2.51. The van der Waals surface area contributed by atoms with Crippen molar-refractivity contribution in [2.75, 3.05) is 0 Å². The standard InChI is InChI=1S/C9H5FN2S/c10-6(5-11)9-12-7-3-1-2-4-8(7)13-9/h1-4,6H/t6-/m0/s1. The topological polar surface area (TPSA) is 36.7 Å². The van der Waals surface area contributed by atoms with Crippen molar-refractivity contribution >= 4 is 21.6 Å². The summed E-state index contributed by atoms with van der Waals surface area (Å²) in [7, 11) is 0. The van der Waals surface area contributed by atoms with Crippen molar-refractivity contribution in [2.45, 2.75) is 6.17 Å². The highest BCUT2D eigenvalue weighted by molar-refractivity contribution is 7.18. The molecule has 13 heavy (non-hydrogen) atoms. The summed E-state index contributed by atoms with van der Waals surface area (Å²) in [6.07, 6.45) is -1.60. The molecule has 2 nitrogen and oxygen atoms in total. The summed E-state index contributed by atoms with van der Waals surface area (Å²) in [4.78, 5) is 4.00. The monoisotopic (exact) mass is 192 g/mol. The average Bonchev–Trinajstić information content (AvgIpc) is 2.59. The fraction of sp³-hybridized carbons (Fsp3) is 0.111. The molecule has 0 unspecified atom stereocenters. The molecule has 1 aromatic carbocycles. The number of rotatable bonds is 1. The highest BCUT2D eigenvalue weighted by Gasteiger charge is 2.13. The van der Waals surface area contributed by atoms with Crippen molar-refractivity contribution in [3.63, 3.8) is 0 Å². The van der Waals surface area contributed by atoms with Gasteiger partial charge >= 0.3 is 0 Å². The summed E-state index contributed by atoms with van der Waals surface area (Å²) >= 11 is 1.22. The molecule has 0 bridgehead atoms. The lowest BCUT2D eigenvalue weighted by Crippen LogP contribution is -1.83. The highest BCUT2D eigenvalue weighted by atomic mass is 32.1. The van der Waals surface area contributed by atoms with Gasteiger partial charge in [-0.15, -0.1) is 11.3 Å². The summed E-state index contributed by atoms with van der Waals surface area (Å²) < 4.78 is 13.8. The number of aromatic nitrogens is 1. The maximum absolute atomic E-state index is 12.9. The van der Waals surface area contributed by atoms with E-state index >= 15 is 0 Å². The Labute approximate surface area is 78.3 Å². The smallest absolute Gasteiger partial charge is 0.237 e. The molecule has 1 heterocycles. The number of nitriles is 1. The van der Waals surface area contributed by atoms with E-state index in [0.29, 0.717) is 0 Å². The summed E-state index contributed by atoms with van der Waals surface area (Å²) in [6, 6.07) is 8.89. The number of halogens is 1. The van der Waals surface area contributed by atoms with Gasteiger partial charge in [-0.3, -0.25) is 0 Å². The van der Waals surface area contributed by atoms with E-state index in [1.165, 1.54) is 17.4 Å². The Morgan fingerprint density at radius 2 is 2.23 bits per heavy atom. The zero-order valence-corrected chi connectivity index (χ0v) is 7.38. The molecule has 2 aromatic rings. The summed E-state index contributed by atoms with van der Waals surface area (Å²) in [5.41, 5.74) is 0.750. The molecule has 64 valence electrons. The van der Waals surface area contributed by atoms with Crippen LogP contribution in [-0.4, -0.2) is 4.98 Å².